The van der Waals surface area contributed by atoms with Crippen LogP contribution in [0.4, 0.5) is 0 Å². The lowest BCUT2D eigenvalue weighted by atomic mass is 9.89. The Hall–Kier alpha value is -1.21. The summed E-state index contributed by atoms with van der Waals surface area (Å²) in [6.45, 7) is 8.53. The van der Waals surface area contributed by atoms with Crippen molar-refractivity contribution in [2.24, 2.45) is 11.5 Å². The van der Waals surface area contributed by atoms with E-state index in [1.807, 2.05) is 51.9 Å². The highest BCUT2D eigenvalue weighted by molar-refractivity contribution is 6.52. The first-order valence-electron chi connectivity index (χ1n) is 7.20. The molecule has 1 saturated heterocycles. The Bertz CT molecular complexity index is 498. The third kappa shape index (κ3) is 3.52. The number of nitrogens with zero attached hydrogens (tertiary/aromatic N) is 1. The minimum atomic E-state index is -0.359. The molecule has 21 heavy (non-hydrogen) atoms. The van der Waals surface area contributed by atoms with E-state index in [0.29, 0.717) is 6.54 Å². The summed E-state index contributed by atoms with van der Waals surface area (Å²) in [5, 5.41) is 0. The Morgan fingerprint density at radius 1 is 1.24 bits per heavy atom. The molecule has 0 amide bonds. The second-order valence-electron chi connectivity index (χ2n) is 6.34. The summed E-state index contributed by atoms with van der Waals surface area (Å²) < 4.78 is 11.8. The fourth-order valence-corrected chi connectivity index (χ4v) is 2.02. The lowest BCUT2D eigenvalue weighted by Crippen LogP contribution is -2.41. The van der Waals surface area contributed by atoms with Gasteiger partial charge in [-0.1, -0.05) is 12.0 Å². The summed E-state index contributed by atoms with van der Waals surface area (Å²) in [6.07, 6.45) is 3.64. The van der Waals surface area contributed by atoms with E-state index < -0.39 is 0 Å². The Morgan fingerprint density at radius 3 is 2.33 bits per heavy atom. The average molecular weight is 289 g/mol. The van der Waals surface area contributed by atoms with Gasteiger partial charge in [0, 0.05) is 18.8 Å². The highest BCUT2D eigenvalue weighted by atomic mass is 16.7. The van der Waals surface area contributed by atoms with Crippen molar-refractivity contribution in [3.05, 3.63) is 35.6 Å². The van der Waals surface area contributed by atoms with Gasteiger partial charge in [0.15, 0.2) is 0 Å². The SMILES string of the molecule is CC1(C)OB(/C=C/c2ccc(C(N)CN)cn2)OC1(C)C. The average Bonchev–Trinajstić information content (AvgIpc) is 2.64. The molecule has 0 radical (unpaired) electrons. The first kappa shape index (κ1) is 16.2. The summed E-state index contributed by atoms with van der Waals surface area (Å²) in [6, 6.07) is 3.68. The summed E-state index contributed by atoms with van der Waals surface area (Å²) in [7, 11) is -0.359. The highest BCUT2D eigenvalue weighted by Crippen LogP contribution is 2.36. The number of aromatic nitrogens is 1. The second-order valence-corrected chi connectivity index (χ2v) is 6.34. The minimum Gasteiger partial charge on any atom is -0.400 e. The fraction of sp³-hybridized carbons (Fsp3) is 0.533. The predicted molar refractivity (Wildman–Crippen MR) is 85.3 cm³/mol. The van der Waals surface area contributed by atoms with Crippen LogP contribution < -0.4 is 11.5 Å². The number of nitrogens with two attached hydrogens (primary N) is 2. The molecule has 1 aromatic rings. The van der Waals surface area contributed by atoms with E-state index in [4.69, 9.17) is 20.8 Å². The van der Waals surface area contributed by atoms with Crippen LogP contribution in [0.1, 0.15) is 45.0 Å². The van der Waals surface area contributed by atoms with Gasteiger partial charge >= 0.3 is 7.12 Å². The summed E-state index contributed by atoms with van der Waals surface area (Å²) in [4.78, 5) is 4.35. The minimum absolute atomic E-state index is 0.168. The van der Waals surface area contributed by atoms with Crippen molar-refractivity contribution >= 4 is 13.2 Å². The molecule has 114 valence electrons. The van der Waals surface area contributed by atoms with Crippen LogP contribution in [0.5, 0.6) is 0 Å². The van der Waals surface area contributed by atoms with E-state index in [-0.39, 0.29) is 24.4 Å². The fourth-order valence-electron chi connectivity index (χ4n) is 2.02. The van der Waals surface area contributed by atoms with Crippen LogP contribution in [-0.4, -0.2) is 29.8 Å². The second kappa shape index (κ2) is 5.89. The van der Waals surface area contributed by atoms with E-state index in [0.717, 1.165) is 11.3 Å². The van der Waals surface area contributed by atoms with Crippen molar-refractivity contribution in [2.45, 2.75) is 44.9 Å². The zero-order chi connectivity index (χ0) is 15.7. The molecule has 0 bridgehead atoms. The molecule has 0 aliphatic carbocycles. The van der Waals surface area contributed by atoms with E-state index >= 15 is 0 Å². The molecule has 2 rings (SSSR count). The van der Waals surface area contributed by atoms with Gasteiger partial charge in [-0.05, 0) is 45.4 Å². The lowest BCUT2D eigenvalue weighted by molar-refractivity contribution is 0.00578. The van der Waals surface area contributed by atoms with Crippen LogP contribution in [0.3, 0.4) is 0 Å². The van der Waals surface area contributed by atoms with E-state index in [2.05, 4.69) is 4.98 Å². The zero-order valence-corrected chi connectivity index (χ0v) is 13.2. The molecule has 5 nitrogen and oxygen atoms in total. The molecular formula is C15H24BN3O2. The third-order valence-corrected chi connectivity index (χ3v) is 4.19. The van der Waals surface area contributed by atoms with Gasteiger partial charge in [-0.15, -0.1) is 0 Å². The van der Waals surface area contributed by atoms with E-state index in [1.54, 1.807) is 6.20 Å². The first-order chi connectivity index (χ1) is 9.75. The molecular weight excluding hydrogens is 265 g/mol. The van der Waals surface area contributed by atoms with Gasteiger partial charge in [0.1, 0.15) is 0 Å². The van der Waals surface area contributed by atoms with Crippen molar-refractivity contribution in [1.82, 2.24) is 4.98 Å². The highest BCUT2D eigenvalue weighted by Gasteiger charge is 2.49. The number of hydrogen-bond donors (Lipinski definition) is 2. The molecule has 1 aliphatic heterocycles. The largest absolute Gasteiger partial charge is 0.487 e. The maximum absolute atomic E-state index is 5.89. The van der Waals surface area contributed by atoms with Gasteiger partial charge in [-0.3, -0.25) is 4.98 Å². The Kier molecular flexibility index (Phi) is 4.53. The van der Waals surface area contributed by atoms with E-state index in [1.165, 1.54) is 0 Å². The van der Waals surface area contributed by atoms with Crippen LogP contribution in [0.15, 0.2) is 24.3 Å². The van der Waals surface area contributed by atoms with Gasteiger partial charge in [-0.25, -0.2) is 0 Å². The quantitative estimate of drug-likeness (QED) is 0.824. The van der Waals surface area contributed by atoms with Crippen LogP contribution in [0.2, 0.25) is 0 Å². The van der Waals surface area contributed by atoms with Crippen molar-refractivity contribution in [1.29, 1.82) is 0 Å². The Morgan fingerprint density at radius 2 is 1.86 bits per heavy atom. The number of hydrogen-bond acceptors (Lipinski definition) is 5. The molecule has 0 saturated carbocycles. The summed E-state index contributed by atoms with van der Waals surface area (Å²) in [5.41, 5.74) is 12.5. The van der Waals surface area contributed by atoms with Crippen molar-refractivity contribution in [3.63, 3.8) is 0 Å². The summed E-state index contributed by atoms with van der Waals surface area (Å²) in [5.74, 6) is 1.88. The topological polar surface area (TPSA) is 83.4 Å². The first-order valence-corrected chi connectivity index (χ1v) is 7.20. The van der Waals surface area contributed by atoms with Gasteiger partial charge < -0.3 is 20.8 Å². The molecule has 1 atom stereocenters. The van der Waals surface area contributed by atoms with E-state index in [9.17, 15) is 0 Å². The molecule has 0 aromatic carbocycles. The van der Waals surface area contributed by atoms with Crippen LogP contribution in [0, 0.1) is 0 Å². The Balaban J connectivity index is 2.03. The molecule has 6 heteroatoms. The molecule has 4 N–H and O–H groups in total. The normalized spacial score (nSPS) is 21.9. The van der Waals surface area contributed by atoms with Gasteiger partial charge in [0.25, 0.3) is 0 Å². The van der Waals surface area contributed by atoms with Crippen LogP contribution >= 0.6 is 0 Å². The zero-order valence-electron chi connectivity index (χ0n) is 13.2. The molecule has 1 unspecified atom stereocenters. The molecule has 0 spiro atoms. The molecule has 1 aliphatic rings. The molecule has 1 fully saturated rings. The maximum atomic E-state index is 5.89. The van der Waals surface area contributed by atoms with Crippen molar-refractivity contribution in [2.75, 3.05) is 6.54 Å². The smallest absolute Gasteiger partial charge is 0.400 e. The molecule has 1 aromatic heterocycles. The number of pyridine rings is 1. The summed E-state index contributed by atoms with van der Waals surface area (Å²) >= 11 is 0. The third-order valence-electron chi connectivity index (χ3n) is 4.19. The predicted octanol–water partition coefficient (Wildman–Crippen LogP) is 1.68. The van der Waals surface area contributed by atoms with Gasteiger partial charge in [0.2, 0.25) is 0 Å². The van der Waals surface area contributed by atoms with Crippen molar-refractivity contribution < 1.29 is 9.31 Å². The van der Waals surface area contributed by atoms with Crippen molar-refractivity contribution in [3.8, 4) is 0 Å². The lowest BCUT2D eigenvalue weighted by Gasteiger charge is -2.32. The number of rotatable bonds is 4. The van der Waals surface area contributed by atoms with Gasteiger partial charge in [0.05, 0.1) is 16.9 Å². The van der Waals surface area contributed by atoms with Crippen LogP contribution in [0.25, 0.3) is 6.08 Å². The Labute approximate surface area is 126 Å². The standard InChI is InChI=1S/C15H24BN3O2/c1-14(2)15(3,4)21-16(20-14)8-7-12-6-5-11(10-19-12)13(18)9-17/h5-8,10,13H,9,17-18H2,1-4H3/b8-7+. The van der Waals surface area contributed by atoms with Crippen LogP contribution in [-0.2, 0) is 9.31 Å². The monoisotopic (exact) mass is 289 g/mol. The molecule has 2 heterocycles. The maximum Gasteiger partial charge on any atom is 0.487 e. The van der Waals surface area contributed by atoms with Gasteiger partial charge in [-0.2, -0.15) is 0 Å².